The summed E-state index contributed by atoms with van der Waals surface area (Å²) < 4.78 is 2.44. The van der Waals surface area contributed by atoms with Gasteiger partial charge in [0.2, 0.25) is 0 Å². The predicted octanol–water partition coefficient (Wildman–Crippen LogP) is 0.941. The zero-order chi connectivity index (χ0) is 16.3. The first-order chi connectivity index (χ1) is 10.5. The summed E-state index contributed by atoms with van der Waals surface area (Å²) in [6.45, 7) is 0. The third-order valence-electron chi connectivity index (χ3n) is 3.69. The molecule has 0 aliphatic carbocycles. The van der Waals surface area contributed by atoms with Gasteiger partial charge in [0.15, 0.2) is 5.78 Å². The summed E-state index contributed by atoms with van der Waals surface area (Å²) in [5, 5.41) is 2.87. The van der Waals surface area contributed by atoms with Gasteiger partial charge in [-0.05, 0) is 6.42 Å². The minimum Gasteiger partial charge on any atom is -0.374 e. The normalized spacial score (nSPS) is 10.5. The number of hydrogen-bond acceptors (Lipinski definition) is 4. The molecule has 2 aromatic rings. The van der Waals surface area contributed by atoms with E-state index in [9.17, 15) is 14.4 Å². The number of aromatic nitrogens is 2. The van der Waals surface area contributed by atoms with Crippen LogP contribution in [0, 0.1) is 0 Å². The van der Waals surface area contributed by atoms with Gasteiger partial charge in [-0.15, -0.1) is 0 Å². The Morgan fingerprint density at radius 3 is 2.32 bits per heavy atom. The second kappa shape index (κ2) is 6.43. The number of anilines is 1. The molecule has 0 atom stereocenters. The van der Waals surface area contributed by atoms with Crippen molar-refractivity contribution in [1.82, 2.24) is 9.13 Å². The number of nitrogens with one attached hydrogen (secondary N) is 1. The van der Waals surface area contributed by atoms with E-state index in [0.29, 0.717) is 16.9 Å². The van der Waals surface area contributed by atoms with E-state index in [1.165, 1.54) is 11.6 Å². The number of nitrogens with zero attached hydrogens (tertiary/aromatic N) is 2. The summed E-state index contributed by atoms with van der Waals surface area (Å²) in [6, 6.07) is 8.95. The molecule has 0 radical (unpaired) electrons. The van der Waals surface area contributed by atoms with Crippen LogP contribution in [0.4, 0.5) is 5.82 Å². The standard InChI is InChI=1S/C16H19N3O3/c1-17-14-12(15(21)19(3)16(22)18(14)2)9-10-13(20)11-7-5-4-6-8-11/h4-8,17H,9-10H2,1-3H3. The summed E-state index contributed by atoms with van der Waals surface area (Å²) in [7, 11) is 4.68. The second-order valence-corrected chi connectivity index (χ2v) is 5.07. The SMILES string of the molecule is CNc1c(CCC(=O)c2ccccc2)c(=O)n(C)c(=O)n1C. The maximum absolute atomic E-state index is 12.3. The van der Waals surface area contributed by atoms with E-state index < -0.39 is 5.69 Å². The molecule has 1 aromatic heterocycles. The maximum atomic E-state index is 12.3. The van der Waals surface area contributed by atoms with Crippen LogP contribution < -0.4 is 16.6 Å². The summed E-state index contributed by atoms with van der Waals surface area (Å²) in [4.78, 5) is 36.3. The van der Waals surface area contributed by atoms with E-state index in [1.54, 1.807) is 38.4 Å². The topological polar surface area (TPSA) is 73.1 Å². The highest BCUT2D eigenvalue weighted by molar-refractivity contribution is 5.96. The van der Waals surface area contributed by atoms with Gasteiger partial charge in [-0.1, -0.05) is 30.3 Å². The molecule has 0 saturated carbocycles. The van der Waals surface area contributed by atoms with Crippen LogP contribution >= 0.6 is 0 Å². The van der Waals surface area contributed by atoms with E-state index >= 15 is 0 Å². The molecule has 0 unspecified atom stereocenters. The Bertz CT molecular complexity index is 804. The number of ketones is 1. The fraction of sp³-hybridized carbons (Fsp3) is 0.312. The summed E-state index contributed by atoms with van der Waals surface area (Å²) >= 11 is 0. The highest BCUT2D eigenvalue weighted by Gasteiger charge is 2.16. The minimum atomic E-state index is -0.396. The van der Waals surface area contributed by atoms with E-state index in [1.807, 2.05) is 6.07 Å². The molecule has 0 amide bonds. The van der Waals surface area contributed by atoms with Crippen LogP contribution in [0.25, 0.3) is 0 Å². The lowest BCUT2D eigenvalue weighted by atomic mass is 10.0. The molecule has 0 saturated heterocycles. The second-order valence-electron chi connectivity index (χ2n) is 5.07. The molecule has 0 spiro atoms. The lowest BCUT2D eigenvalue weighted by molar-refractivity contribution is 0.0982. The van der Waals surface area contributed by atoms with Crippen LogP contribution in [0.3, 0.4) is 0 Å². The molecule has 116 valence electrons. The fourth-order valence-electron chi connectivity index (χ4n) is 2.46. The Balaban J connectivity index is 2.33. The van der Waals surface area contributed by atoms with Crippen LogP contribution in [0.1, 0.15) is 22.3 Å². The first-order valence-electron chi connectivity index (χ1n) is 7.02. The third kappa shape index (κ3) is 2.86. The van der Waals surface area contributed by atoms with Gasteiger partial charge in [0.1, 0.15) is 5.82 Å². The first-order valence-corrected chi connectivity index (χ1v) is 7.02. The molecule has 0 aliphatic heterocycles. The van der Waals surface area contributed by atoms with Gasteiger partial charge in [0.25, 0.3) is 5.56 Å². The van der Waals surface area contributed by atoms with Crippen molar-refractivity contribution in [3.8, 4) is 0 Å². The number of carbonyl (C=O) groups is 1. The average molecular weight is 301 g/mol. The van der Waals surface area contributed by atoms with Gasteiger partial charge in [0, 0.05) is 33.1 Å². The zero-order valence-corrected chi connectivity index (χ0v) is 12.9. The molecule has 0 fully saturated rings. The van der Waals surface area contributed by atoms with Crippen LogP contribution in [0.15, 0.2) is 39.9 Å². The molecule has 0 bridgehead atoms. The van der Waals surface area contributed by atoms with Crippen LogP contribution in [-0.4, -0.2) is 22.0 Å². The molecular weight excluding hydrogens is 282 g/mol. The Kier molecular flexibility index (Phi) is 4.60. The van der Waals surface area contributed by atoms with Crippen molar-refractivity contribution in [2.24, 2.45) is 14.1 Å². The molecule has 1 N–H and O–H groups in total. The first kappa shape index (κ1) is 15.8. The quantitative estimate of drug-likeness (QED) is 0.834. The lowest BCUT2D eigenvalue weighted by Crippen LogP contribution is -2.40. The number of benzene rings is 1. The van der Waals surface area contributed by atoms with Crippen molar-refractivity contribution in [3.63, 3.8) is 0 Å². The van der Waals surface area contributed by atoms with Crippen molar-refractivity contribution in [2.75, 3.05) is 12.4 Å². The molecule has 6 nitrogen and oxygen atoms in total. The minimum absolute atomic E-state index is 0.0291. The molecule has 6 heteroatoms. The smallest absolute Gasteiger partial charge is 0.332 e. The monoisotopic (exact) mass is 301 g/mol. The predicted molar refractivity (Wildman–Crippen MR) is 85.6 cm³/mol. The fourth-order valence-corrected chi connectivity index (χ4v) is 2.46. The van der Waals surface area contributed by atoms with Crippen LogP contribution in [0.2, 0.25) is 0 Å². The molecule has 1 heterocycles. The van der Waals surface area contributed by atoms with Crippen LogP contribution in [0.5, 0.6) is 0 Å². The van der Waals surface area contributed by atoms with Gasteiger partial charge >= 0.3 is 5.69 Å². The Morgan fingerprint density at radius 2 is 1.73 bits per heavy atom. The average Bonchev–Trinajstić information content (AvgIpc) is 2.55. The van der Waals surface area contributed by atoms with Gasteiger partial charge < -0.3 is 5.32 Å². The van der Waals surface area contributed by atoms with Crippen molar-refractivity contribution >= 4 is 11.6 Å². The van der Waals surface area contributed by atoms with Gasteiger partial charge in [0.05, 0.1) is 5.56 Å². The summed E-state index contributed by atoms with van der Waals surface area (Å²) in [5.41, 5.74) is 0.298. The highest BCUT2D eigenvalue weighted by atomic mass is 16.2. The molecule has 1 aromatic carbocycles. The number of carbonyl (C=O) groups excluding carboxylic acids is 1. The van der Waals surface area contributed by atoms with E-state index in [4.69, 9.17) is 0 Å². The van der Waals surface area contributed by atoms with Crippen LogP contribution in [-0.2, 0) is 20.5 Å². The summed E-state index contributed by atoms with van der Waals surface area (Å²) in [6.07, 6.45) is 0.497. The Labute approximate surface area is 128 Å². The lowest BCUT2D eigenvalue weighted by Gasteiger charge is -2.14. The number of rotatable bonds is 5. The largest absolute Gasteiger partial charge is 0.374 e. The van der Waals surface area contributed by atoms with E-state index in [-0.39, 0.29) is 24.2 Å². The number of hydrogen-bond donors (Lipinski definition) is 1. The van der Waals surface area contributed by atoms with Crippen molar-refractivity contribution in [1.29, 1.82) is 0 Å². The highest BCUT2D eigenvalue weighted by Crippen LogP contribution is 2.12. The van der Waals surface area contributed by atoms with Crippen molar-refractivity contribution in [2.45, 2.75) is 12.8 Å². The van der Waals surface area contributed by atoms with Gasteiger partial charge in [-0.2, -0.15) is 0 Å². The Hall–Kier alpha value is -2.63. The van der Waals surface area contributed by atoms with E-state index in [0.717, 1.165) is 4.57 Å². The van der Waals surface area contributed by atoms with Gasteiger partial charge in [-0.3, -0.25) is 18.7 Å². The van der Waals surface area contributed by atoms with E-state index in [2.05, 4.69) is 5.32 Å². The van der Waals surface area contributed by atoms with Gasteiger partial charge in [-0.25, -0.2) is 4.79 Å². The number of Topliss-reactive ketones (excluding diaryl/α,β-unsaturated/α-hetero) is 1. The molecule has 2 rings (SSSR count). The van der Waals surface area contributed by atoms with Crippen molar-refractivity contribution < 1.29 is 4.79 Å². The maximum Gasteiger partial charge on any atom is 0.332 e. The van der Waals surface area contributed by atoms with Crippen molar-refractivity contribution in [3.05, 3.63) is 62.3 Å². The molecule has 22 heavy (non-hydrogen) atoms. The summed E-state index contributed by atoms with van der Waals surface area (Å²) in [5.74, 6) is 0.424. The third-order valence-corrected chi connectivity index (χ3v) is 3.69. The zero-order valence-electron chi connectivity index (χ0n) is 12.9. The molecular formula is C16H19N3O3. The Morgan fingerprint density at radius 1 is 1.09 bits per heavy atom. The molecule has 0 aliphatic rings.